The standard InChI is InChI=1S/C15H18ClNO2/c1-9-2-4-15(5-3-9)8-13(18)11-6-10(16)7-12(17)14(11)19-15/h6-7,9H,2-5,8,17H2,1H3. The van der Waals surface area contributed by atoms with E-state index in [9.17, 15) is 4.79 Å². The molecule has 1 aromatic rings. The van der Waals surface area contributed by atoms with Crippen LogP contribution < -0.4 is 10.5 Å². The molecule has 1 aromatic carbocycles. The molecule has 2 aliphatic rings. The highest BCUT2D eigenvalue weighted by Crippen LogP contribution is 2.45. The van der Waals surface area contributed by atoms with Crippen LogP contribution in [0.1, 0.15) is 49.4 Å². The molecule has 19 heavy (non-hydrogen) atoms. The molecule has 0 unspecified atom stereocenters. The van der Waals surface area contributed by atoms with Crippen molar-refractivity contribution in [1.82, 2.24) is 0 Å². The number of ether oxygens (including phenoxy) is 1. The van der Waals surface area contributed by atoms with E-state index in [1.807, 2.05) is 0 Å². The first kappa shape index (κ1) is 12.8. The molecule has 3 rings (SSSR count). The Morgan fingerprint density at radius 2 is 2.05 bits per heavy atom. The number of Topliss-reactive ketones (excluding diaryl/α,β-unsaturated/α-hetero) is 1. The second-order valence-corrected chi connectivity index (χ2v) is 6.38. The molecule has 0 amide bonds. The first-order valence-electron chi connectivity index (χ1n) is 6.80. The van der Waals surface area contributed by atoms with Crippen LogP contribution in [0, 0.1) is 5.92 Å². The fourth-order valence-electron chi connectivity index (χ4n) is 3.14. The van der Waals surface area contributed by atoms with Crippen molar-refractivity contribution >= 4 is 23.1 Å². The topological polar surface area (TPSA) is 52.3 Å². The molecule has 1 heterocycles. The van der Waals surface area contributed by atoms with Gasteiger partial charge in [0.1, 0.15) is 5.60 Å². The van der Waals surface area contributed by atoms with E-state index in [1.54, 1.807) is 12.1 Å². The Kier molecular flexibility index (Phi) is 2.97. The van der Waals surface area contributed by atoms with Gasteiger partial charge in [-0.15, -0.1) is 0 Å². The second kappa shape index (κ2) is 4.41. The van der Waals surface area contributed by atoms with E-state index in [2.05, 4.69) is 6.92 Å². The highest BCUT2D eigenvalue weighted by molar-refractivity contribution is 6.31. The maximum atomic E-state index is 12.4. The second-order valence-electron chi connectivity index (χ2n) is 5.94. The Morgan fingerprint density at radius 1 is 1.37 bits per heavy atom. The van der Waals surface area contributed by atoms with Crippen LogP contribution >= 0.6 is 11.6 Å². The molecule has 1 saturated carbocycles. The molecule has 0 radical (unpaired) electrons. The van der Waals surface area contributed by atoms with Crippen LogP contribution in [0.4, 0.5) is 5.69 Å². The van der Waals surface area contributed by atoms with Gasteiger partial charge in [0.15, 0.2) is 11.5 Å². The molecule has 0 aromatic heterocycles. The van der Waals surface area contributed by atoms with Crippen LogP contribution in [0.15, 0.2) is 12.1 Å². The Hall–Kier alpha value is -1.22. The van der Waals surface area contributed by atoms with Crippen molar-refractivity contribution in [1.29, 1.82) is 0 Å². The van der Waals surface area contributed by atoms with E-state index in [-0.39, 0.29) is 11.4 Å². The summed E-state index contributed by atoms with van der Waals surface area (Å²) in [5.41, 5.74) is 6.63. The molecule has 1 aliphatic heterocycles. The number of ketones is 1. The average molecular weight is 280 g/mol. The lowest BCUT2D eigenvalue weighted by atomic mass is 9.75. The zero-order valence-electron chi connectivity index (χ0n) is 11.0. The van der Waals surface area contributed by atoms with Gasteiger partial charge in [0, 0.05) is 5.02 Å². The number of fused-ring (bicyclic) bond motifs is 1. The summed E-state index contributed by atoms with van der Waals surface area (Å²) < 4.78 is 6.16. The van der Waals surface area contributed by atoms with Gasteiger partial charge in [-0.2, -0.15) is 0 Å². The van der Waals surface area contributed by atoms with Crippen LogP contribution in [0.2, 0.25) is 5.02 Å². The molecule has 0 bridgehead atoms. The first-order chi connectivity index (χ1) is 8.99. The quantitative estimate of drug-likeness (QED) is 0.734. The predicted molar refractivity (Wildman–Crippen MR) is 75.8 cm³/mol. The van der Waals surface area contributed by atoms with E-state index in [0.717, 1.165) is 25.7 Å². The maximum Gasteiger partial charge on any atom is 0.170 e. The fourth-order valence-corrected chi connectivity index (χ4v) is 3.37. The molecule has 2 N–H and O–H groups in total. The van der Waals surface area contributed by atoms with E-state index in [0.29, 0.717) is 34.4 Å². The van der Waals surface area contributed by atoms with E-state index < -0.39 is 0 Å². The highest BCUT2D eigenvalue weighted by Gasteiger charge is 2.43. The van der Waals surface area contributed by atoms with Crippen molar-refractivity contribution in [2.75, 3.05) is 5.73 Å². The number of anilines is 1. The molecule has 1 aliphatic carbocycles. The Labute approximate surface area is 118 Å². The number of hydrogen-bond donors (Lipinski definition) is 1. The van der Waals surface area contributed by atoms with Gasteiger partial charge in [-0.1, -0.05) is 18.5 Å². The smallest absolute Gasteiger partial charge is 0.170 e. The molecule has 1 spiro atoms. The number of carbonyl (C=O) groups excluding carboxylic acids is 1. The minimum atomic E-state index is -0.335. The monoisotopic (exact) mass is 279 g/mol. The lowest BCUT2D eigenvalue weighted by molar-refractivity contribution is 0.00463. The van der Waals surface area contributed by atoms with Crippen LogP contribution in [-0.4, -0.2) is 11.4 Å². The fraction of sp³-hybridized carbons (Fsp3) is 0.533. The van der Waals surface area contributed by atoms with Crippen LogP contribution in [0.3, 0.4) is 0 Å². The van der Waals surface area contributed by atoms with Gasteiger partial charge in [-0.3, -0.25) is 4.79 Å². The van der Waals surface area contributed by atoms with Gasteiger partial charge in [0.2, 0.25) is 0 Å². The molecule has 3 nitrogen and oxygen atoms in total. The third kappa shape index (κ3) is 2.20. The van der Waals surface area contributed by atoms with Gasteiger partial charge in [-0.05, 0) is 43.7 Å². The number of halogens is 1. The van der Waals surface area contributed by atoms with Crippen LogP contribution in [0.25, 0.3) is 0 Å². The van der Waals surface area contributed by atoms with Gasteiger partial charge in [0.05, 0.1) is 17.7 Å². The summed E-state index contributed by atoms with van der Waals surface area (Å²) in [5, 5.41) is 0.487. The first-order valence-corrected chi connectivity index (χ1v) is 7.18. The van der Waals surface area contributed by atoms with Crippen LogP contribution in [-0.2, 0) is 0 Å². The maximum absolute atomic E-state index is 12.4. The summed E-state index contributed by atoms with van der Waals surface area (Å²) in [6, 6.07) is 3.31. The predicted octanol–water partition coefficient (Wildman–Crippen LogP) is 3.84. The Balaban J connectivity index is 1.98. The van der Waals surface area contributed by atoms with Crippen molar-refractivity contribution in [2.45, 2.75) is 44.6 Å². The van der Waals surface area contributed by atoms with Gasteiger partial charge in [0.25, 0.3) is 0 Å². The molecular formula is C15H18ClNO2. The van der Waals surface area contributed by atoms with Crippen molar-refractivity contribution in [3.8, 4) is 5.75 Å². The van der Waals surface area contributed by atoms with E-state index in [1.165, 1.54) is 0 Å². The molecule has 102 valence electrons. The Bertz CT molecular complexity index is 533. The number of nitrogen functional groups attached to an aromatic ring is 1. The molecule has 4 heteroatoms. The summed E-state index contributed by atoms with van der Waals surface area (Å²) in [6.45, 7) is 2.25. The lowest BCUT2D eigenvalue weighted by Gasteiger charge is -2.42. The number of rotatable bonds is 0. The number of nitrogens with two attached hydrogens (primary N) is 1. The van der Waals surface area contributed by atoms with Crippen molar-refractivity contribution < 1.29 is 9.53 Å². The third-order valence-electron chi connectivity index (χ3n) is 4.37. The van der Waals surface area contributed by atoms with E-state index in [4.69, 9.17) is 22.1 Å². The summed E-state index contributed by atoms with van der Waals surface area (Å²) in [4.78, 5) is 12.4. The average Bonchev–Trinajstić information content (AvgIpc) is 2.35. The van der Waals surface area contributed by atoms with Gasteiger partial charge in [-0.25, -0.2) is 0 Å². The van der Waals surface area contributed by atoms with Crippen molar-refractivity contribution in [3.63, 3.8) is 0 Å². The van der Waals surface area contributed by atoms with Crippen LogP contribution in [0.5, 0.6) is 5.75 Å². The Morgan fingerprint density at radius 3 is 2.74 bits per heavy atom. The zero-order valence-corrected chi connectivity index (χ0v) is 11.8. The summed E-state index contributed by atoms with van der Waals surface area (Å²) in [7, 11) is 0. The lowest BCUT2D eigenvalue weighted by Crippen LogP contribution is -2.44. The molecule has 1 fully saturated rings. The van der Waals surface area contributed by atoms with Crippen molar-refractivity contribution in [3.05, 3.63) is 22.7 Å². The summed E-state index contributed by atoms with van der Waals surface area (Å²) in [6.07, 6.45) is 4.53. The minimum absolute atomic E-state index is 0.102. The highest BCUT2D eigenvalue weighted by atomic mass is 35.5. The van der Waals surface area contributed by atoms with Crippen molar-refractivity contribution in [2.24, 2.45) is 5.92 Å². The molecule has 0 atom stereocenters. The zero-order chi connectivity index (χ0) is 13.6. The summed E-state index contributed by atoms with van der Waals surface area (Å²) in [5.74, 6) is 1.36. The minimum Gasteiger partial charge on any atom is -0.484 e. The SMILES string of the molecule is CC1CCC2(CC1)CC(=O)c1cc(Cl)cc(N)c1O2. The third-order valence-corrected chi connectivity index (χ3v) is 4.59. The van der Waals surface area contributed by atoms with Gasteiger partial charge >= 0.3 is 0 Å². The molecular weight excluding hydrogens is 262 g/mol. The molecule has 0 saturated heterocycles. The summed E-state index contributed by atoms with van der Waals surface area (Å²) >= 11 is 5.96. The normalized spacial score (nSPS) is 30.0. The number of carbonyl (C=O) groups is 1. The number of hydrogen-bond acceptors (Lipinski definition) is 3. The van der Waals surface area contributed by atoms with Gasteiger partial charge < -0.3 is 10.5 Å². The van der Waals surface area contributed by atoms with E-state index >= 15 is 0 Å². The number of benzene rings is 1. The largest absolute Gasteiger partial charge is 0.484 e.